The smallest absolute Gasteiger partial charge is 0.152 e. The van der Waals surface area contributed by atoms with E-state index in [9.17, 15) is 4.79 Å². The second kappa shape index (κ2) is 5.31. The number of likely N-dealkylation sites (N-methyl/N-ethyl adjacent to an activating group) is 1. The van der Waals surface area contributed by atoms with Crippen molar-refractivity contribution >= 4 is 5.78 Å². The predicted molar refractivity (Wildman–Crippen MR) is 52.1 cm³/mol. The Balaban J connectivity index is 4.24. The van der Waals surface area contributed by atoms with Crippen LogP contribution in [0.1, 0.15) is 34.1 Å². The maximum Gasteiger partial charge on any atom is 0.152 e. The van der Waals surface area contributed by atoms with Crippen molar-refractivity contribution in [2.24, 2.45) is 11.8 Å². The Morgan fingerprint density at radius 3 is 2.08 bits per heavy atom. The monoisotopic (exact) mass is 171 g/mol. The number of rotatable bonds is 5. The van der Waals surface area contributed by atoms with Gasteiger partial charge in [-0.15, -0.1) is 0 Å². The molecule has 0 rings (SSSR count). The van der Waals surface area contributed by atoms with Gasteiger partial charge in [0.2, 0.25) is 0 Å². The highest BCUT2D eigenvalue weighted by Gasteiger charge is 2.23. The third-order valence-electron chi connectivity index (χ3n) is 2.40. The van der Waals surface area contributed by atoms with Gasteiger partial charge in [0.1, 0.15) is 0 Å². The van der Waals surface area contributed by atoms with Gasteiger partial charge in [0.15, 0.2) is 5.78 Å². The first kappa shape index (κ1) is 11.6. The average Bonchev–Trinajstić information content (AvgIpc) is 2.05. The Hall–Kier alpha value is -0.370. The molecule has 0 fully saturated rings. The maximum absolute atomic E-state index is 11.6. The molecule has 0 saturated heterocycles. The minimum atomic E-state index is 0.0370. The van der Waals surface area contributed by atoms with Crippen LogP contribution in [0.5, 0.6) is 0 Å². The Labute approximate surface area is 75.7 Å². The van der Waals surface area contributed by atoms with Crippen LogP contribution in [0.2, 0.25) is 0 Å². The molecule has 2 heteroatoms. The molecule has 0 aliphatic heterocycles. The molecule has 0 aromatic carbocycles. The first-order valence-corrected chi connectivity index (χ1v) is 4.75. The molecule has 72 valence electrons. The molecule has 0 heterocycles. The molecule has 0 radical (unpaired) electrons. The lowest BCUT2D eigenvalue weighted by atomic mass is 9.90. The molecular weight excluding hydrogens is 150 g/mol. The van der Waals surface area contributed by atoms with Crippen molar-refractivity contribution < 1.29 is 4.79 Å². The Morgan fingerprint density at radius 2 is 1.83 bits per heavy atom. The largest absolute Gasteiger partial charge is 0.310 e. The molecule has 1 N–H and O–H groups in total. The van der Waals surface area contributed by atoms with Crippen LogP contribution >= 0.6 is 0 Å². The zero-order chi connectivity index (χ0) is 9.72. The van der Waals surface area contributed by atoms with E-state index in [0.29, 0.717) is 11.7 Å². The van der Waals surface area contributed by atoms with E-state index in [1.807, 2.05) is 20.9 Å². The lowest BCUT2D eigenvalue weighted by molar-refractivity contribution is -0.125. The van der Waals surface area contributed by atoms with Gasteiger partial charge in [-0.3, -0.25) is 4.79 Å². The van der Waals surface area contributed by atoms with Crippen LogP contribution in [-0.2, 0) is 4.79 Å². The highest BCUT2D eigenvalue weighted by molar-refractivity contribution is 5.85. The Kier molecular flexibility index (Phi) is 5.14. The Bertz CT molecular complexity index is 143. The number of Topliss-reactive ketones (excluding diaryl/α,β-unsaturated/α-hetero) is 1. The molecule has 0 bridgehead atoms. The predicted octanol–water partition coefficient (Wildman–Crippen LogP) is 1.85. The lowest BCUT2D eigenvalue weighted by Gasteiger charge is -2.22. The maximum atomic E-state index is 11.6. The van der Waals surface area contributed by atoms with Crippen molar-refractivity contribution in [3.8, 4) is 0 Å². The van der Waals surface area contributed by atoms with Gasteiger partial charge in [0.05, 0.1) is 6.04 Å². The molecule has 2 atom stereocenters. The molecular formula is C10H21NO. The van der Waals surface area contributed by atoms with E-state index in [1.165, 1.54) is 0 Å². The summed E-state index contributed by atoms with van der Waals surface area (Å²) in [5.74, 6) is 0.896. The van der Waals surface area contributed by atoms with Crippen LogP contribution < -0.4 is 5.32 Å². The molecule has 0 aromatic heterocycles. The van der Waals surface area contributed by atoms with E-state index in [1.54, 1.807) is 0 Å². The van der Waals surface area contributed by atoms with Gasteiger partial charge in [0, 0.05) is 5.92 Å². The SMILES string of the molecule is CCC(C)C(NC)C(=O)C(C)C. The van der Waals surface area contributed by atoms with E-state index in [4.69, 9.17) is 0 Å². The van der Waals surface area contributed by atoms with Crippen molar-refractivity contribution in [2.45, 2.75) is 40.2 Å². The first-order valence-electron chi connectivity index (χ1n) is 4.75. The summed E-state index contributed by atoms with van der Waals surface area (Å²) in [7, 11) is 1.86. The molecule has 0 aliphatic carbocycles. The summed E-state index contributed by atoms with van der Waals surface area (Å²) in [6, 6.07) is 0.0370. The van der Waals surface area contributed by atoms with Crippen molar-refractivity contribution in [1.29, 1.82) is 0 Å². The summed E-state index contributed by atoms with van der Waals surface area (Å²) < 4.78 is 0. The highest BCUT2D eigenvalue weighted by atomic mass is 16.1. The number of ketones is 1. The fourth-order valence-electron chi connectivity index (χ4n) is 1.30. The van der Waals surface area contributed by atoms with E-state index in [2.05, 4.69) is 19.2 Å². The number of carbonyl (C=O) groups is 1. The molecule has 0 amide bonds. The molecule has 0 saturated carbocycles. The van der Waals surface area contributed by atoms with Crippen LogP contribution in [0, 0.1) is 11.8 Å². The number of hydrogen-bond acceptors (Lipinski definition) is 2. The van der Waals surface area contributed by atoms with Crippen molar-refractivity contribution in [2.75, 3.05) is 7.05 Å². The summed E-state index contributed by atoms with van der Waals surface area (Å²) in [6.07, 6.45) is 1.05. The van der Waals surface area contributed by atoms with Crippen molar-refractivity contribution in [1.82, 2.24) is 5.32 Å². The minimum absolute atomic E-state index is 0.0370. The fourth-order valence-corrected chi connectivity index (χ4v) is 1.30. The summed E-state index contributed by atoms with van der Waals surface area (Å²) in [6.45, 7) is 8.13. The fraction of sp³-hybridized carbons (Fsp3) is 0.900. The molecule has 0 spiro atoms. The van der Waals surface area contributed by atoms with Crippen LogP contribution in [0.4, 0.5) is 0 Å². The highest BCUT2D eigenvalue weighted by Crippen LogP contribution is 2.12. The number of hydrogen-bond donors (Lipinski definition) is 1. The van der Waals surface area contributed by atoms with Gasteiger partial charge in [-0.25, -0.2) is 0 Å². The van der Waals surface area contributed by atoms with Crippen LogP contribution in [-0.4, -0.2) is 18.9 Å². The molecule has 0 aromatic rings. The topological polar surface area (TPSA) is 29.1 Å². The van der Waals surface area contributed by atoms with E-state index < -0.39 is 0 Å². The van der Waals surface area contributed by atoms with E-state index in [0.717, 1.165) is 6.42 Å². The normalized spacial score (nSPS) is 16.2. The van der Waals surface area contributed by atoms with Crippen molar-refractivity contribution in [3.05, 3.63) is 0 Å². The van der Waals surface area contributed by atoms with Gasteiger partial charge < -0.3 is 5.32 Å². The van der Waals surface area contributed by atoms with Crippen molar-refractivity contribution in [3.63, 3.8) is 0 Å². The second-order valence-corrected chi connectivity index (χ2v) is 3.71. The number of carbonyl (C=O) groups excluding carboxylic acids is 1. The molecule has 0 aliphatic rings. The first-order chi connectivity index (χ1) is 5.54. The average molecular weight is 171 g/mol. The summed E-state index contributed by atoms with van der Waals surface area (Å²) in [5.41, 5.74) is 0. The molecule has 12 heavy (non-hydrogen) atoms. The molecule has 2 nitrogen and oxygen atoms in total. The zero-order valence-corrected chi connectivity index (χ0v) is 8.85. The van der Waals surface area contributed by atoms with E-state index >= 15 is 0 Å². The standard InChI is InChI=1S/C10H21NO/c1-6-8(4)9(11-5)10(12)7(2)3/h7-9,11H,6H2,1-5H3. The number of nitrogens with one attached hydrogen (secondary N) is 1. The van der Waals surface area contributed by atoms with Gasteiger partial charge in [-0.05, 0) is 13.0 Å². The quantitative estimate of drug-likeness (QED) is 0.684. The summed E-state index contributed by atoms with van der Waals surface area (Å²) in [4.78, 5) is 11.6. The Morgan fingerprint density at radius 1 is 1.33 bits per heavy atom. The summed E-state index contributed by atoms with van der Waals surface area (Å²) in [5, 5.41) is 3.08. The van der Waals surface area contributed by atoms with Gasteiger partial charge >= 0.3 is 0 Å². The second-order valence-electron chi connectivity index (χ2n) is 3.71. The minimum Gasteiger partial charge on any atom is -0.310 e. The van der Waals surface area contributed by atoms with Gasteiger partial charge in [-0.2, -0.15) is 0 Å². The molecule has 2 unspecified atom stereocenters. The van der Waals surface area contributed by atoms with Crippen LogP contribution in [0.15, 0.2) is 0 Å². The summed E-state index contributed by atoms with van der Waals surface area (Å²) >= 11 is 0. The lowest BCUT2D eigenvalue weighted by Crippen LogP contribution is -2.41. The van der Waals surface area contributed by atoms with Gasteiger partial charge in [-0.1, -0.05) is 34.1 Å². The van der Waals surface area contributed by atoms with E-state index in [-0.39, 0.29) is 12.0 Å². The van der Waals surface area contributed by atoms with Gasteiger partial charge in [0.25, 0.3) is 0 Å². The third-order valence-corrected chi connectivity index (χ3v) is 2.40. The van der Waals surface area contributed by atoms with Crippen LogP contribution in [0.25, 0.3) is 0 Å². The van der Waals surface area contributed by atoms with Crippen LogP contribution in [0.3, 0.4) is 0 Å². The third kappa shape index (κ3) is 2.94. The zero-order valence-electron chi connectivity index (χ0n) is 8.85.